The average Bonchev–Trinajstić information content (AvgIpc) is 3.14. The number of cyclic esters (lactones) is 1. The molecule has 2 heterocycles. The first kappa shape index (κ1) is 20.2. The second kappa shape index (κ2) is 8.24. The van der Waals surface area contributed by atoms with E-state index in [-0.39, 0.29) is 24.9 Å². The molecule has 2 aliphatic heterocycles. The van der Waals surface area contributed by atoms with E-state index in [0.29, 0.717) is 13.2 Å². The van der Waals surface area contributed by atoms with E-state index >= 15 is 0 Å². The van der Waals surface area contributed by atoms with Gasteiger partial charge in [0.1, 0.15) is 11.7 Å². The Morgan fingerprint density at radius 3 is 2.59 bits per heavy atom. The summed E-state index contributed by atoms with van der Waals surface area (Å²) in [6.07, 6.45) is -0.965. The van der Waals surface area contributed by atoms with Crippen LogP contribution in [0.5, 0.6) is 0 Å². The van der Waals surface area contributed by atoms with Crippen LogP contribution >= 0.6 is 0 Å². The van der Waals surface area contributed by atoms with Crippen molar-refractivity contribution in [1.82, 2.24) is 0 Å². The van der Waals surface area contributed by atoms with Gasteiger partial charge in [0.15, 0.2) is 5.79 Å². The van der Waals surface area contributed by atoms with E-state index in [9.17, 15) is 4.79 Å². The molecule has 0 aromatic heterocycles. The van der Waals surface area contributed by atoms with Crippen LogP contribution in [0.15, 0.2) is 30.3 Å². The lowest BCUT2D eigenvalue weighted by Gasteiger charge is -2.38. The van der Waals surface area contributed by atoms with Crippen molar-refractivity contribution in [3.05, 3.63) is 35.9 Å². The lowest BCUT2D eigenvalue weighted by Crippen LogP contribution is -2.55. The monoisotopic (exact) mass is 380 g/mol. The molecule has 150 valence electrons. The maximum atomic E-state index is 12.0. The minimum absolute atomic E-state index is 0.173. The van der Waals surface area contributed by atoms with E-state index < -0.39 is 23.8 Å². The van der Waals surface area contributed by atoms with Gasteiger partial charge in [0.25, 0.3) is 0 Å². The normalized spacial score (nSPS) is 32.6. The van der Waals surface area contributed by atoms with Crippen LogP contribution < -0.4 is 0 Å². The molecule has 0 radical (unpaired) electrons. The highest BCUT2D eigenvalue weighted by Gasteiger charge is 2.62. The maximum Gasteiger partial charge on any atom is 0.308 e. The van der Waals surface area contributed by atoms with Crippen molar-refractivity contribution in [1.29, 1.82) is 0 Å². The zero-order valence-electron chi connectivity index (χ0n) is 16.3. The van der Waals surface area contributed by atoms with Crippen LogP contribution in [0, 0.1) is 5.92 Å². The van der Waals surface area contributed by atoms with Crippen molar-refractivity contribution in [2.24, 2.45) is 5.92 Å². The molecule has 0 spiro atoms. The van der Waals surface area contributed by atoms with Crippen LogP contribution in [-0.4, -0.2) is 57.2 Å². The summed E-state index contributed by atoms with van der Waals surface area (Å²) < 4.78 is 34.6. The third kappa shape index (κ3) is 4.33. The molecule has 3 rings (SSSR count). The molecule has 2 aliphatic rings. The fourth-order valence-electron chi connectivity index (χ4n) is 3.91. The highest BCUT2D eigenvalue weighted by molar-refractivity contribution is 5.72. The number of benzene rings is 1. The fraction of sp³-hybridized carbons (Fsp3) is 0.650. The quantitative estimate of drug-likeness (QED) is 0.641. The molecule has 2 fully saturated rings. The molecule has 7 nitrogen and oxygen atoms in total. The molecule has 7 heteroatoms. The third-order valence-corrected chi connectivity index (χ3v) is 4.99. The number of esters is 1. The SMILES string of the molecule is COC[C@@H]1OC(C)(C)O[C@@]1(COCc1ccccc1)[C@@H]1CC(=O)O[C@H]1OC. The Labute approximate surface area is 159 Å². The Morgan fingerprint density at radius 1 is 1.19 bits per heavy atom. The van der Waals surface area contributed by atoms with Crippen LogP contribution in [0.1, 0.15) is 25.8 Å². The number of hydrogen-bond donors (Lipinski definition) is 0. The molecule has 0 aliphatic carbocycles. The molecule has 2 saturated heterocycles. The maximum absolute atomic E-state index is 12.0. The summed E-state index contributed by atoms with van der Waals surface area (Å²) in [6.45, 7) is 4.63. The minimum atomic E-state index is -0.929. The summed E-state index contributed by atoms with van der Waals surface area (Å²) >= 11 is 0. The molecule has 0 amide bonds. The van der Waals surface area contributed by atoms with Gasteiger partial charge in [0.05, 0.1) is 32.2 Å². The van der Waals surface area contributed by atoms with Gasteiger partial charge in [-0.05, 0) is 19.4 Å². The van der Waals surface area contributed by atoms with Crippen LogP contribution in [0.25, 0.3) is 0 Å². The number of rotatable bonds is 8. The predicted octanol–water partition coefficient (Wildman–Crippen LogP) is 2.28. The average molecular weight is 380 g/mol. The summed E-state index contributed by atoms with van der Waals surface area (Å²) in [6, 6.07) is 9.88. The summed E-state index contributed by atoms with van der Waals surface area (Å²) in [5.74, 6) is -1.53. The van der Waals surface area contributed by atoms with Crippen LogP contribution in [-0.2, 0) is 39.8 Å². The third-order valence-electron chi connectivity index (χ3n) is 4.99. The fourth-order valence-corrected chi connectivity index (χ4v) is 3.91. The molecule has 27 heavy (non-hydrogen) atoms. The zero-order valence-corrected chi connectivity index (χ0v) is 16.3. The number of methoxy groups -OCH3 is 2. The molecule has 1 aromatic rings. The molecular formula is C20H28O7. The van der Waals surface area contributed by atoms with Gasteiger partial charge in [-0.25, -0.2) is 0 Å². The molecule has 4 atom stereocenters. The predicted molar refractivity (Wildman–Crippen MR) is 95.7 cm³/mol. The lowest BCUT2D eigenvalue weighted by molar-refractivity contribution is -0.216. The number of carbonyl (C=O) groups is 1. The van der Waals surface area contributed by atoms with E-state index in [0.717, 1.165) is 5.56 Å². The van der Waals surface area contributed by atoms with Crippen molar-refractivity contribution in [2.45, 2.75) is 50.7 Å². The van der Waals surface area contributed by atoms with E-state index in [1.807, 2.05) is 44.2 Å². The zero-order chi connectivity index (χ0) is 19.5. The number of hydrogen-bond acceptors (Lipinski definition) is 7. The van der Waals surface area contributed by atoms with Crippen molar-refractivity contribution in [3.8, 4) is 0 Å². The van der Waals surface area contributed by atoms with Crippen molar-refractivity contribution >= 4 is 5.97 Å². The van der Waals surface area contributed by atoms with Gasteiger partial charge in [-0.2, -0.15) is 0 Å². The molecule has 0 N–H and O–H groups in total. The van der Waals surface area contributed by atoms with Gasteiger partial charge < -0.3 is 28.4 Å². The summed E-state index contributed by atoms with van der Waals surface area (Å²) in [4.78, 5) is 12.0. The van der Waals surface area contributed by atoms with Crippen LogP contribution in [0.3, 0.4) is 0 Å². The van der Waals surface area contributed by atoms with E-state index in [2.05, 4.69) is 0 Å². The van der Waals surface area contributed by atoms with Gasteiger partial charge in [-0.3, -0.25) is 4.79 Å². The summed E-state index contributed by atoms with van der Waals surface area (Å²) in [7, 11) is 3.12. The standard InChI is InChI=1S/C20H28O7/c1-19(2)26-16(12-22-3)20(27-19,15-10-17(21)25-18(15)23-4)13-24-11-14-8-6-5-7-9-14/h5-9,15-16,18H,10-13H2,1-4H3/t15-,16+,18-,20+/m1/s1. The second-order valence-electron chi connectivity index (χ2n) is 7.40. The van der Waals surface area contributed by atoms with Crippen LogP contribution in [0.4, 0.5) is 0 Å². The highest BCUT2D eigenvalue weighted by atomic mass is 16.8. The Kier molecular flexibility index (Phi) is 6.18. The van der Waals surface area contributed by atoms with E-state index in [1.165, 1.54) is 7.11 Å². The smallest absolute Gasteiger partial charge is 0.308 e. The topological polar surface area (TPSA) is 72.5 Å². The second-order valence-corrected chi connectivity index (χ2v) is 7.40. The largest absolute Gasteiger partial charge is 0.435 e. The van der Waals surface area contributed by atoms with E-state index in [1.54, 1.807) is 7.11 Å². The molecular weight excluding hydrogens is 352 g/mol. The molecule has 0 bridgehead atoms. The number of ether oxygens (including phenoxy) is 6. The van der Waals surface area contributed by atoms with E-state index in [4.69, 9.17) is 28.4 Å². The first-order valence-electron chi connectivity index (χ1n) is 9.11. The minimum Gasteiger partial charge on any atom is -0.435 e. The first-order chi connectivity index (χ1) is 12.9. The first-order valence-corrected chi connectivity index (χ1v) is 9.11. The Balaban J connectivity index is 1.85. The van der Waals surface area contributed by atoms with Gasteiger partial charge in [0.2, 0.25) is 6.29 Å². The van der Waals surface area contributed by atoms with Gasteiger partial charge in [0, 0.05) is 14.2 Å². The van der Waals surface area contributed by atoms with Gasteiger partial charge in [-0.15, -0.1) is 0 Å². The Hall–Kier alpha value is -1.51. The van der Waals surface area contributed by atoms with Gasteiger partial charge >= 0.3 is 5.97 Å². The molecule has 0 unspecified atom stereocenters. The Bertz CT molecular complexity index is 632. The highest BCUT2D eigenvalue weighted by Crippen LogP contribution is 2.47. The number of carbonyl (C=O) groups excluding carboxylic acids is 1. The summed E-state index contributed by atoms with van der Waals surface area (Å²) in [5.41, 5.74) is 0.123. The Morgan fingerprint density at radius 2 is 1.93 bits per heavy atom. The molecule has 0 saturated carbocycles. The van der Waals surface area contributed by atoms with Crippen LogP contribution in [0.2, 0.25) is 0 Å². The summed E-state index contributed by atoms with van der Waals surface area (Å²) in [5, 5.41) is 0. The van der Waals surface area contributed by atoms with Crippen molar-refractivity contribution in [3.63, 3.8) is 0 Å². The van der Waals surface area contributed by atoms with Crippen molar-refractivity contribution in [2.75, 3.05) is 27.4 Å². The van der Waals surface area contributed by atoms with Crippen molar-refractivity contribution < 1.29 is 33.2 Å². The lowest BCUT2D eigenvalue weighted by atomic mass is 9.81. The van der Waals surface area contributed by atoms with Gasteiger partial charge in [-0.1, -0.05) is 30.3 Å². The molecule has 1 aromatic carbocycles.